The van der Waals surface area contributed by atoms with Crippen LogP contribution in [-0.2, 0) is 18.3 Å². The molecule has 0 bridgehead atoms. The van der Waals surface area contributed by atoms with Crippen molar-refractivity contribution in [1.29, 1.82) is 0 Å². The average molecular weight is 318 g/mol. The molecule has 7 heteroatoms. The van der Waals surface area contributed by atoms with Crippen LogP contribution in [0.2, 0.25) is 0 Å². The lowest BCUT2D eigenvalue weighted by molar-refractivity contribution is -0.0350. The fraction of sp³-hybridized carbons (Fsp3) is 0.571. The normalized spacial score (nSPS) is 25.3. The lowest BCUT2D eigenvalue weighted by atomic mass is 9.95. The van der Waals surface area contributed by atoms with Crippen molar-refractivity contribution in [3.05, 3.63) is 30.1 Å². The Morgan fingerprint density at radius 1 is 1.10 bits per heavy atom. The van der Waals surface area contributed by atoms with Gasteiger partial charge in [-0.25, -0.2) is 8.96 Å². The third-order valence-corrected chi connectivity index (χ3v) is 4.87. The zero-order valence-electron chi connectivity index (χ0n) is 12.2. The van der Waals surface area contributed by atoms with Gasteiger partial charge in [0, 0.05) is 14.2 Å². The van der Waals surface area contributed by atoms with Crippen LogP contribution >= 0.6 is 7.82 Å². The van der Waals surface area contributed by atoms with Gasteiger partial charge < -0.3 is 9.26 Å². The molecule has 3 unspecified atom stereocenters. The lowest BCUT2D eigenvalue weighted by Crippen LogP contribution is -2.33. The Kier molecular flexibility index (Phi) is 5.76. The summed E-state index contributed by atoms with van der Waals surface area (Å²) in [6, 6.07) is 5.18. The third-order valence-electron chi connectivity index (χ3n) is 3.46. The van der Waals surface area contributed by atoms with Gasteiger partial charge >= 0.3 is 7.82 Å². The Balaban J connectivity index is 2.05. The van der Waals surface area contributed by atoms with E-state index in [-0.39, 0.29) is 18.0 Å². The van der Waals surface area contributed by atoms with Crippen molar-refractivity contribution in [3.63, 3.8) is 0 Å². The summed E-state index contributed by atoms with van der Waals surface area (Å²) >= 11 is 0. The molecule has 118 valence electrons. The summed E-state index contributed by atoms with van der Waals surface area (Å²) in [6.45, 7) is 0. The van der Waals surface area contributed by atoms with E-state index < -0.39 is 13.6 Å². The molecule has 0 spiro atoms. The Labute approximate surface area is 124 Å². The highest BCUT2D eigenvalue weighted by atomic mass is 31.2. The van der Waals surface area contributed by atoms with E-state index in [9.17, 15) is 8.96 Å². The van der Waals surface area contributed by atoms with Crippen LogP contribution < -0.4 is 4.52 Å². The fourth-order valence-electron chi connectivity index (χ4n) is 2.35. The number of methoxy groups -OCH3 is 1. The number of halogens is 1. The number of hydrogen-bond donors (Lipinski definition) is 0. The summed E-state index contributed by atoms with van der Waals surface area (Å²) in [4.78, 5) is 0. The first-order chi connectivity index (χ1) is 10.1. The highest BCUT2D eigenvalue weighted by Crippen LogP contribution is 2.51. The molecule has 1 saturated carbocycles. The van der Waals surface area contributed by atoms with E-state index in [4.69, 9.17) is 18.3 Å². The quantitative estimate of drug-likeness (QED) is 0.744. The van der Waals surface area contributed by atoms with Gasteiger partial charge in [-0.2, -0.15) is 0 Å². The number of hydrogen-bond acceptors (Lipinski definition) is 5. The van der Waals surface area contributed by atoms with Crippen LogP contribution in [0.25, 0.3) is 0 Å². The van der Waals surface area contributed by atoms with Crippen molar-refractivity contribution in [2.75, 3.05) is 14.2 Å². The van der Waals surface area contributed by atoms with Crippen molar-refractivity contribution in [2.45, 2.75) is 37.9 Å². The van der Waals surface area contributed by atoms with Crippen LogP contribution in [0.15, 0.2) is 24.3 Å². The average Bonchev–Trinajstić information content (AvgIpc) is 2.50. The Morgan fingerprint density at radius 2 is 1.71 bits per heavy atom. The van der Waals surface area contributed by atoms with E-state index in [1.165, 1.54) is 31.4 Å². The molecule has 1 aliphatic rings. The van der Waals surface area contributed by atoms with Crippen LogP contribution in [0.5, 0.6) is 5.75 Å². The zero-order chi connectivity index (χ0) is 15.3. The molecule has 0 aromatic heterocycles. The van der Waals surface area contributed by atoms with Gasteiger partial charge in [0.2, 0.25) is 0 Å². The highest BCUT2D eigenvalue weighted by Gasteiger charge is 2.36. The molecule has 1 aromatic rings. The number of phosphoric acid groups is 1. The van der Waals surface area contributed by atoms with Gasteiger partial charge in [0.25, 0.3) is 0 Å². The summed E-state index contributed by atoms with van der Waals surface area (Å²) in [5.41, 5.74) is 0. The van der Waals surface area contributed by atoms with Crippen LogP contribution in [0, 0.1) is 5.82 Å². The Morgan fingerprint density at radius 3 is 2.29 bits per heavy atom. The van der Waals surface area contributed by atoms with E-state index in [1.54, 1.807) is 7.11 Å². The molecular formula is C14H20FO5P. The van der Waals surface area contributed by atoms with Gasteiger partial charge in [-0.1, -0.05) is 12.8 Å². The van der Waals surface area contributed by atoms with Gasteiger partial charge in [0.05, 0.1) is 12.2 Å². The van der Waals surface area contributed by atoms with Gasteiger partial charge in [-0.3, -0.25) is 9.05 Å². The standard InChI is InChI=1S/C14H20FO5P/c1-17-13-5-3-4-6-14(13)20-21(16,18-2)19-12-9-7-11(15)8-10-12/h7-10,13-14H,3-6H2,1-2H3. The lowest BCUT2D eigenvalue weighted by Gasteiger charge is -2.31. The molecule has 3 atom stereocenters. The first-order valence-electron chi connectivity index (χ1n) is 6.88. The third kappa shape index (κ3) is 4.51. The molecule has 0 N–H and O–H groups in total. The van der Waals surface area contributed by atoms with E-state index in [1.807, 2.05) is 0 Å². The van der Waals surface area contributed by atoms with Gasteiger partial charge in [0.1, 0.15) is 11.6 Å². The molecule has 0 saturated heterocycles. The second-order valence-electron chi connectivity index (χ2n) is 4.88. The number of rotatable bonds is 6. The van der Waals surface area contributed by atoms with E-state index in [0.29, 0.717) is 0 Å². The zero-order valence-corrected chi connectivity index (χ0v) is 13.1. The summed E-state index contributed by atoms with van der Waals surface area (Å²) in [6.07, 6.45) is 3.15. The van der Waals surface area contributed by atoms with E-state index in [2.05, 4.69) is 0 Å². The predicted octanol–water partition coefficient (Wildman–Crippen LogP) is 3.93. The number of ether oxygens (including phenoxy) is 1. The number of phosphoric ester groups is 1. The van der Waals surface area contributed by atoms with Crippen molar-refractivity contribution in [1.82, 2.24) is 0 Å². The Hall–Kier alpha value is -0.940. The largest absolute Gasteiger partial charge is 0.530 e. The minimum absolute atomic E-state index is 0.126. The highest BCUT2D eigenvalue weighted by molar-refractivity contribution is 7.48. The summed E-state index contributed by atoms with van der Waals surface area (Å²) in [5.74, 6) is -0.173. The molecule has 0 aliphatic heterocycles. The van der Waals surface area contributed by atoms with Crippen LogP contribution in [0.3, 0.4) is 0 Å². The molecule has 21 heavy (non-hydrogen) atoms. The molecule has 1 aliphatic carbocycles. The Bertz CT molecular complexity index is 493. The van der Waals surface area contributed by atoms with Crippen LogP contribution in [0.1, 0.15) is 25.7 Å². The van der Waals surface area contributed by atoms with Crippen LogP contribution in [-0.4, -0.2) is 26.4 Å². The molecule has 1 aromatic carbocycles. The maximum absolute atomic E-state index is 12.9. The minimum atomic E-state index is -3.76. The SMILES string of the molecule is COC1CCCCC1OP(=O)(OC)Oc1ccc(F)cc1. The smallest absolute Gasteiger partial charge is 0.404 e. The van der Waals surface area contributed by atoms with Crippen molar-refractivity contribution in [3.8, 4) is 5.75 Å². The second kappa shape index (κ2) is 7.36. The molecule has 0 amide bonds. The maximum Gasteiger partial charge on any atom is 0.530 e. The molecule has 1 fully saturated rings. The first kappa shape index (κ1) is 16.4. The molecular weight excluding hydrogens is 298 g/mol. The van der Waals surface area contributed by atoms with Crippen molar-refractivity contribution >= 4 is 7.82 Å². The molecule has 0 radical (unpaired) electrons. The van der Waals surface area contributed by atoms with Gasteiger partial charge in [-0.15, -0.1) is 0 Å². The maximum atomic E-state index is 12.9. The monoisotopic (exact) mass is 318 g/mol. The van der Waals surface area contributed by atoms with E-state index >= 15 is 0 Å². The minimum Gasteiger partial charge on any atom is -0.404 e. The molecule has 2 rings (SSSR count). The predicted molar refractivity (Wildman–Crippen MR) is 75.8 cm³/mol. The molecule has 0 heterocycles. The summed E-state index contributed by atoms with van der Waals surface area (Å²) < 4.78 is 46.5. The fourth-order valence-corrected chi connectivity index (χ4v) is 3.50. The second-order valence-corrected chi connectivity index (χ2v) is 6.53. The van der Waals surface area contributed by atoms with Gasteiger partial charge in [0.15, 0.2) is 0 Å². The van der Waals surface area contributed by atoms with Gasteiger partial charge in [-0.05, 0) is 37.1 Å². The summed E-state index contributed by atoms with van der Waals surface area (Å²) in [5, 5.41) is 0. The number of benzene rings is 1. The molecule has 5 nitrogen and oxygen atoms in total. The van der Waals surface area contributed by atoms with Crippen LogP contribution in [0.4, 0.5) is 4.39 Å². The first-order valence-corrected chi connectivity index (χ1v) is 8.34. The van der Waals surface area contributed by atoms with Crippen molar-refractivity contribution < 1.29 is 27.3 Å². The van der Waals surface area contributed by atoms with Crippen molar-refractivity contribution in [2.24, 2.45) is 0 Å². The topological polar surface area (TPSA) is 54.0 Å². The van der Waals surface area contributed by atoms with E-state index in [0.717, 1.165) is 25.7 Å². The summed E-state index contributed by atoms with van der Waals surface area (Å²) in [7, 11) is -0.898.